The Morgan fingerprint density at radius 1 is 1.44 bits per heavy atom. The molecule has 10 heteroatoms. The quantitative estimate of drug-likeness (QED) is 0.829. The summed E-state index contributed by atoms with van der Waals surface area (Å²) < 4.78 is 39.3. The molecule has 0 spiro atoms. The van der Waals surface area contributed by atoms with Gasteiger partial charge in [-0.15, -0.1) is 0 Å². The lowest BCUT2D eigenvalue weighted by Gasteiger charge is -2.27. The van der Waals surface area contributed by atoms with E-state index in [1.54, 1.807) is 11.3 Å². The Bertz CT molecular complexity index is 719. The van der Waals surface area contributed by atoms with Crippen LogP contribution in [0.4, 0.5) is 13.2 Å². The van der Waals surface area contributed by atoms with Crippen molar-refractivity contribution in [2.45, 2.75) is 37.7 Å². The highest BCUT2D eigenvalue weighted by Gasteiger charge is 2.38. The van der Waals surface area contributed by atoms with Crippen LogP contribution in [0.15, 0.2) is 29.2 Å². The number of carboxylic acids is 1. The first kappa shape index (κ1) is 21.4. The van der Waals surface area contributed by atoms with Crippen molar-refractivity contribution in [2.75, 3.05) is 13.7 Å². The molecule has 1 aliphatic rings. The number of halogens is 3. The first-order valence-corrected chi connectivity index (χ1v) is 9.20. The summed E-state index contributed by atoms with van der Waals surface area (Å²) in [5.41, 5.74) is 2.69. The van der Waals surface area contributed by atoms with E-state index in [0.29, 0.717) is 12.1 Å². The van der Waals surface area contributed by atoms with E-state index >= 15 is 0 Å². The van der Waals surface area contributed by atoms with Crippen molar-refractivity contribution in [2.24, 2.45) is 7.05 Å². The number of aliphatic carboxylic acids is 1. The second kappa shape index (κ2) is 9.34. The Labute approximate surface area is 159 Å². The zero-order chi connectivity index (χ0) is 20.0. The molecule has 3 heterocycles. The topological polar surface area (TPSA) is 67.6 Å². The number of rotatable bonds is 5. The van der Waals surface area contributed by atoms with E-state index in [-0.39, 0.29) is 0 Å². The van der Waals surface area contributed by atoms with Gasteiger partial charge in [0.05, 0.1) is 12.3 Å². The van der Waals surface area contributed by atoms with Gasteiger partial charge in [0.1, 0.15) is 0 Å². The van der Waals surface area contributed by atoms with Crippen LogP contribution < -0.4 is 0 Å². The zero-order valence-electron chi connectivity index (χ0n) is 15.0. The number of thiophene rings is 1. The van der Waals surface area contributed by atoms with Crippen LogP contribution in [0.5, 0.6) is 0 Å². The smallest absolute Gasteiger partial charge is 0.475 e. The molecule has 6 nitrogen and oxygen atoms in total. The summed E-state index contributed by atoms with van der Waals surface area (Å²) in [7, 11) is 3.80. The number of aryl methyl sites for hydroxylation is 1. The summed E-state index contributed by atoms with van der Waals surface area (Å²) in [5, 5.41) is 15.8. The second-order valence-electron chi connectivity index (χ2n) is 6.26. The highest BCUT2D eigenvalue weighted by molar-refractivity contribution is 7.07. The van der Waals surface area contributed by atoms with Crippen LogP contribution in [0.25, 0.3) is 0 Å². The summed E-state index contributed by atoms with van der Waals surface area (Å²) >= 11 is 1.77. The summed E-state index contributed by atoms with van der Waals surface area (Å²) in [6.07, 6.45) is 1.44. The minimum atomic E-state index is -5.08. The van der Waals surface area contributed by atoms with E-state index in [1.807, 2.05) is 25.0 Å². The molecule has 0 saturated carbocycles. The standard InChI is InChI=1S/C15H21N3OS.C2HF3O2/c1-17-9-13(8-16-17)7-14-15(19-2)3-5-18(14)10-12-4-6-20-11-12;3-2(4,5)1(6)7/h4,6,8-9,11,14-15H,3,5,7,10H2,1-2H3;(H,6,7)/t14-,15-;/m0./s1. The van der Waals surface area contributed by atoms with Crippen LogP contribution >= 0.6 is 11.3 Å². The molecule has 0 aromatic carbocycles. The fraction of sp³-hybridized carbons (Fsp3) is 0.529. The van der Waals surface area contributed by atoms with Crippen LogP contribution in [-0.2, 0) is 29.5 Å². The Hall–Kier alpha value is -1.91. The number of alkyl halides is 3. The largest absolute Gasteiger partial charge is 0.490 e. The Kier molecular flexibility index (Phi) is 7.40. The molecule has 150 valence electrons. The van der Waals surface area contributed by atoms with E-state index in [4.69, 9.17) is 14.6 Å². The third-order valence-corrected chi connectivity index (χ3v) is 5.05. The maximum atomic E-state index is 10.6. The van der Waals surface area contributed by atoms with Crippen molar-refractivity contribution in [3.8, 4) is 0 Å². The Morgan fingerprint density at radius 2 is 2.15 bits per heavy atom. The van der Waals surface area contributed by atoms with Crippen molar-refractivity contribution in [1.82, 2.24) is 14.7 Å². The highest BCUT2D eigenvalue weighted by atomic mass is 32.1. The number of ether oxygens (including phenoxy) is 1. The molecule has 0 aliphatic carbocycles. The molecule has 0 unspecified atom stereocenters. The first-order chi connectivity index (χ1) is 12.7. The van der Waals surface area contributed by atoms with Gasteiger partial charge < -0.3 is 9.84 Å². The average Bonchev–Trinajstić information content (AvgIpc) is 3.31. The molecular formula is C17H22F3N3O3S. The number of hydrogen-bond donors (Lipinski definition) is 1. The second-order valence-corrected chi connectivity index (χ2v) is 7.04. The van der Waals surface area contributed by atoms with Crippen LogP contribution in [-0.4, -0.2) is 57.7 Å². The molecule has 27 heavy (non-hydrogen) atoms. The molecule has 1 fully saturated rings. The van der Waals surface area contributed by atoms with Crippen LogP contribution in [0, 0.1) is 0 Å². The van der Waals surface area contributed by atoms with E-state index < -0.39 is 12.1 Å². The Morgan fingerprint density at radius 3 is 2.63 bits per heavy atom. The highest BCUT2D eigenvalue weighted by Crippen LogP contribution is 2.26. The lowest BCUT2D eigenvalue weighted by molar-refractivity contribution is -0.192. The van der Waals surface area contributed by atoms with Gasteiger partial charge in [0.15, 0.2) is 0 Å². The number of aromatic nitrogens is 2. The van der Waals surface area contributed by atoms with Crippen LogP contribution in [0.2, 0.25) is 0 Å². The summed E-state index contributed by atoms with van der Waals surface area (Å²) in [6.45, 7) is 2.13. The van der Waals surface area contributed by atoms with Gasteiger partial charge in [-0.3, -0.25) is 9.58 Å². The Balaban J connectivity index is 0.000000321. The SMILES string of the molecule is CO[C@H]1CCN(Cc2ccsc2)[C@H]1Cc1cnn(C)c1.O=C(O)C(F)(F)F. The van der Waals surface area contributed by atoms with Crippen molar-refractivity contribution in [3.05, 3.63) is 40.3 Å². The molecule has 1 N–H and O–H groups in total. The molecule has 2 aromatic rings. The van der Waals surface area contributed by atoms with E-state index in [2.05, 4.69) is 33.0 Å². The van der Waals surface area contributed by atoms with E-state index in [0.717, 1.165) is 25.9 Å². The number of likely N-dealkylation sites (tertiary alicyclic amines) is 1. The third-order valence-electron chi connectivity index (χ3n) is 4.31. The minimum absolute atomic E-state index is 0.328. The van der Waals surface area contributed by atoms with Gasteiger partial charge in [-0.1, -0.05) is 0 Å². The van der Waals surface area contributed by atoms with Gasteiger partial charge in [-0.25, -0.2) is 4.79 Å². The predicted octanol–water partition coefficient (Wildman–Crippen LogP) is 2.95. The molecule has 2 aromatic heterocycles. The number of hydrogen-bond acceptors (Lipinski definition) is 5. The third kappa shape index (κ3) is 6.33. The molecular weight excluding hydrogens is 383 g/mol. The molecule has 3 rings (SSSR count). The lowest BCUT2D eigenvalue weighted by atomic mass is 10.0. The van der Waals surface area contributed by atoms with Crippen LogP contribution in [0.3, 0.4) is 0 Å². The molecule has 0 amide bonds. The molecule has 0 bridgehead atoms. The molecule has 2 atom stereocenters. The van der Waals surface area contributed by atoms with Gasteiger partial charge in [0.25, 0.3) is 0 Å². The monoisotopic (exact) mass is 405 g/mol. The first-order valence-electron chi connectivity index (χ1n) is 8.26. The number of carbonyl (C=O) groups is 1. The minimum Gasteiger partial charge on any atom is -0.475 e. The summed E-state index contributed by atoms with van der Waals surface area (Å²) in [5.74, 6) is -2.76. The van der Waals surface area contributed by atoms with Crippen molar-refractivity contribution < 1.29 is 27.8 Å². The van der Waals surface area contributed by atoms with Gasteiger partial charge in [0, 0.05) is 39.5 Å². The number of methoxy groups -OCH3 is 1. The lowest BCUT2D eigenvalue weighted by Crippen LogP contribution is -2.37. The van der Waals surface area contributed by atoms with Crippen LogP contribution in [0.1, 0.15) is 17.5 Å². The summed E-state index contributed by atoms with van der Waals surface area (Å²) in [4.78, 5) is 11.4. The maximum Gasteiger partial charge on any atom is 0.490 e. The fourth-order valence-electron chi connectivity index (χ4n) is 3.05. The van der Waals surface area contributed by atoms with Gasteiger partial charge >= 0.3 is 12.1 Å². The molecule has 1 saturated heterocycles. The van der Waals surface area contributed by atoms with E-state index in [9.17, 15) is 13.2 Å². The number of carboxylic acid groups (broad SMARTS) is 1. The van der Waals surface area contributed by atoms with Gasteiger partial charge in [0.2, 0.25) is 0 Å². The number of nitrogens with zero attached hydrogens (tertiary/aromatic N) is 3. The van der Waals surface area contributed by atoms with Gasteiger partial charge in [-0.2, -0.15) is 29.6 Å². The zero-order valence-corrected chi connectivity index (χ0v) is 15.8. The van der Waals surface area contributed by atoms with Crippen molar-refractivity contribution >= 4 is 17.3 Å². The molecule has 0 radical (unpaired) electrons. The van der Waals surface area contributed by atoms with Crippen molar-refractivity contribution in [1.29, 1.82) is 0 Å². The maximum absolute atomic E-state index is 10.6. The predicted molar refractivity (Wildman–Crippen MR) is 94.5 cm³/mol. The average molecular weight is 405 g/mol. The summed E-state index contributed by atoms with van der Waals surface area (Å²) in [6, 6.07) is 2.66. The van der Waals surface area contributed by atoms with Gasteiger partial charge in [-0.05, 0) is 40.8 Å². The van der Waals surface area contributed by atoms with E-state index in [1.165, 1.54) is 11.1 Å². The fourth-order valence-corrected chi connectivity index (χ4v) is 3.71. The normalized spacial score (nSPS) is 20.3. The van der Waals surface area contributed by atoms with Crippen molar-refractivity contribution in [3.63, 3.8) is 0 Å². The molecule has 1 aliphatic heterocycles.